The van der Waals surface area contributed by atoms with E-state index < -0.39 is 35.6 Å². The molecule has 2 rings (SSSR count). The third kappa shape index (κ3) is 21.5. The molecule has 10 N–H and O–H groups in total. The van der Waals surface area contributed by atoms with Crippen LogP contribution >= 0.6 is 0 Å². The minimum atomic E-state index is -1.23. The molecule has 0 saturated heterocycles. The van der Waals surface area contributed by atoms with Gasteiger partial charge in [-0.05, 0) is 37.1 Å². The second kappa shape index (κ2) is 28.3. The van der Waals surface area contributed by atoms with E-state index in [9.17, 15) is 29.4 Å². The smallest absolute Gasteiger partial charge is 0.411 e. The van der Waals surface area contributed by atoms with E-state index in [4.69, 9.17) is 19.7 Å². The number of anilines is 2. The van der Waals surface area contributed by atoms with Crippen LogP contribution in [0.4, 0.5) is 21.0 Å². The van der Waals surface area contributed by atoms with Crippen molar-refractivity contribution in [3.8, 4) is 11.5 Å². The summed E-state index contributed by atoms with van der Waals surface area (Å²) in [4.78, 5) is 44.6. The summed E-state index contributed by atoms with van der Waals surface area (Å²) < 4.78 is 10.0. The van der Waals surface area contributed by atoms with E-state index in [0.717, 1.165) is 38.5 Å². The Kier molecular flexibility index (Phi) is 28.6. The molecule has 14 nitrogen and oxygen atoms in total. The Hall–Kier alpha value is -3.94. The first-order chi connectivity index (χ1) is 21.1. The number of carbonyl (C=O) groups excluding carboxylic acids is 2. The molecule has 2 aromatic carbocycles. The van der Waals surface area contributed by atoms with Crippen LogP contribution in [0.5, 0.6) is 11.5 Å². The van der Waals surface area contributed by atoms with Gasteiger partial charge < -0.3 is 40.9 Å². The van der Waals surface area contributed by atoms with Crippen molar-refractivity contribution in [1.82, 2.24) is 0 Å². The summed E-state index contributed by atoms with van der Waals surface area (Å²) in [6.07, 6.45) is 12.0. The SMILES string of the molecule is CCCCCCCCOC(=O)Nc1ccc(C(=O)O)c(O)c1.CCCCCCCCOC(=O)Nc1ccc(C(=O)O)c(O)c1.O.O.[Zn]. The van der Waals surface area contributed by atoms with Crippen molar-refractivity contribution in [3.05, 3.63) is 47.5 Å². The first-order valence-corrected chi connectivity index (χ1v) is 15.1. The molecule has 0 atom stereocenters. The molecular formula is C32H50N2O12Zn. The number of hydrogen-bond donors (Lipinski definition) is 6. The number of carboxylic acids is 2. The van der Waals surface area contributed by atoms with E-state index >= 15 is 0 Å². The van der Waals surface area contributed by atoms with Crippen LogP contribution in [0.15, 0.2) is 36.4 Å². The van der Waals surface area contributed by atoms with Crippen molar-refractivity contribution >= 4 is 35.5 Å². The second-order valence-electron chi connectivity index (χ2n) is 10.1. The number of phenols is 2. The monoisotopic (exact) mass is 718 g/mol. The van der Waals surface area contributed by atoms with E-state index in [-0.39, 0.29) is 52.9 Å². The molecule has 0 aliphatic heterocycles. The third-order valence-electron chi connectivity index (χ3n) is 6.41. The molecule has 0 spiro atoms. The molecule has 2 aromatic rings. The Morgan fingerprint density at radius 3 is 1.19 bits per heavy atom. The van der Waals surface area contributed by atoms with Gasteiger partial charge in [-0.15, -0.1) is 0 Å². The normalized spacial score (nSPS) is 9.57. The maximum absolute atomic E-state index is 11.5. The number of carbonyl (C=O) groups is 4. The summed E-state index contributed by atoms with van der Waals surface area (Å²) in [6.45, 7) is 5.01. The summed E-state index contributed by atoms with van der Waals surface area (Å²) in [7, 11) is 0. The van der Waals surface area contributed by atoms with E-state index in [0.29, 0.717) is 13.2 Å². The van der Waals surface area contributed by atoms with Crippen molar-refractivity contribution in [2.24, 2.45) is 0 Å². The zero-order valence-corrected chi connectivity index (χ0v) is 30.3. The molecule has 0 radical (unpaired) electrons. The Labute approximate surface area is 288 Å². The average Bonchev–Trinajstić information content (AvgIpc) is 2.96. The molecule has 47 heavy (non-hydrogen) atoms. The molecule has 0 unspecified atom stereocenters. The predicted octanol–water partition coefficient (Wildman–Crippen LogP) is 6.35. The van der Waals surface area contributed by atoms with E-state index in [1.54, 1.807) is 0 Å². The number of benzene rings is 2. The maximum atomic E-state index is 11.5. The molecule has 0 bridgehead atoms. The van der Waals surface area contributed by atoms with Gasteiger partial charge in [0, 0.05) is 43.0 Å². The predicted molar refractivity (Wildman–Crippen MR) is 174 cm³/mol. The molecular weight excluding hydrogens is 670 g/mol. The minimum absolute atomic E-state index is 0. The largest absolute Gasteiger partial charge is 0.507 e. The molecule has 2 amide bonds. The van der Waals surface area contributed by atoms with E-state index in [2.05, 4.69) is 24.5 Å². The fourth-order valence-electron chi connectivity index (χ4n) is 3.98. The quantitative estimate of drug-likeness (QED) is 0.0735. The molecule has 262 valence electrons. The summed E-state index contributed by atoms with van der Waals surface area (Å²) >= 11 is 0. The Balaban J connectivity index is -0.000000774. The number of unbranched alkanes of at least 4 members (excludes halogenated alkanes) is 10. The number of hydrogen-bond acceptors (Lipinski definition) is 8. The van der Waals surface area contributed by atoms with Gasteiger partial charge in [-0.25, -0.2) is 19.2 Å². The zero-order valence-electron chi connectivity index (χ0n) is 27.3. The molecule has 0 aliphatic rings. The van der Waals surface area contributed by atoms with Crippen LogP contribution in [-0.2, 0) is 29.0 Å². The van der Waals surface area contributed by atoms with Crippen molar-refractivity contribution in [3.63, 3.8) is 0 Å². The van der Waals surface area contributed by atoms with Gasteiger partial charge in [-0.2, -0.15) is 0 Å². The van der Waals surface area contributed by atoms with Crippen LogP contribution in [0.2, 0.25) is 0 Å². The van der Waals surface area contributed by atoms with Gasteiger partial charge in [0.1, 0.15) is 22.6 Å². The number of aromatic hydroxyl groups is 2. The number of aromatic carboxylic acids is 2. The van der Waals surface area contributed by atoms with Crippen molar-refractivity contribution in [2.45, 2.75) is 90.9 Å². The molecule has 0 aromatic heterocycles. The molecule has 0 fully saturated rings. The number of amides is 2. The van der Waals surface area contributed by atoms with Crippen LogP contribution in [0.25, 0.3) is 0 Å². The minimum Gasteiger partial charge on any atom is -0.507 e. The van der Waals surface area contributed by atoms with Gasteiger partial charge in [-0.1, -0.05) is 78.1 Å². The molecule has 0 heterocycles. The standard InChI is InChI=1S/2C16H23NO5.2H2O.Zn/c2*1-2-3-4-5-6-7-10-22-16(21)17-12-8-9-13(15(19)20)14(18)11-12;;;/h2*8-9,11,18H,2-7,10H2,1H3,(H,17,21)(H,19,20);2*1H2;. The van der Waals surface area contributed by atoms with Crippen LogP contribution in [0.1, 0.15) is 112 Å². The third-order valence-corrected chi connectivity index (χ3v) is 6.41. The Bertz CT molecular complexity index is 1110. The first-order valence-electron chi connectivity index (χ1n) is 15.1. The van der Waals surface area contributed by atoms with Gasteiger partial charge in [0.05, 0.1) is 13.2 Å². The molecule has 0 saturated carbocycles. The average molecular weight is 720 g/mol. The van der Waals surface area contributed by atoms with E-state index in [1.165, 1.54) is 74.9 Å². The van der Waals surface area contributed by atoms with Crippen LogP contribution < -0.4 is 10.6 Å². The number of carboxylic acid groups (broad SMARTS) is 2. The number of rotatable bonds is 18. The van der Waals surface area contributed by atoms with E-state index in [1.807, 2.05) is 0 Å². The van der Waals surface area contributed by atoms with Gasteiger partial charge in [0.2, 0.25) is 0 Å². The molecule has 0 aliphatic carbocycles. The fourth-order valence-corrected chi connectivity index (χ4v) is 3.98. The fraction of sp³-hybridized carbons (Fsp3) is 0.500. The Morgan fingerprint density at radius 1 is 0.574 bits per heavy atom. The van der Waals surface area contributed by atoms with Crippen molar-refractivity contribution in [2.75, 3.05) is 23.8 Å². The molecule has 15 heteroatoms. The van der Waals surface area contributed by atoms with Crippen LogP contribution in [-0.4, -0.2) is 68.7 Å². The van der Waals surface area contributed by atoms with Crippen LogP contribution in [0.3, 0.4) is 0 Å². The summed E-state index contributed by atoms with van der Waals surface area (Å²) in [5, 5.41) is 41.5. The van der Waals surface area contributed by atoms with Crippen molar-refractivity contribution in [1.29, 1.82) is 0 Å². The van der Waals surface area contributed by atoms with Gasteiger partial charge in [0.25, 0.3) is 0 Å². The van der Waals surface area contributed by atoms with Gasteiger partial charge in [-0.3, -0.25) is 10.6 Å². The van der Waals surface area contributed by atoms with Crippen molar-refractivity contribution < 1.29 is 79.5 Å². The number of nitrogens with one attached hydrogen (secondary N) is 2. The zero-order chi connectivity index (χ0) is 32.7. The topological polar surface area (TPSA) is 255 Å². The number of ether oxygens (including phenoxy) is 2. The first kappa shape index (κ1) is 47.5. The van der Waals surface area contributed by atoms with Crippen LogP contribution in [0, 0.1) is 0 Å². The maximum Gasteiger partial charge on any atom is 0.411 e. The summed E-state index contributed by atoms with van der Waals surface area (Å²) in [5.74, 6) is -3.26. The summed E-state index contributed by atoms with van der Waals surface area (Å²) in [6, 6.07) is 7.59. The van der Waals surface area contributed by atoms with Gasteiger partial charge >= 0.3 is 24.1 Å². The summed E-state index contributed by atoms with van der Waals surface area (Å²) in [5.41, 5.74) is 0.142. The van der Waals surface area contributed by atoms with Gasteiger partial charge in [0.15, 0.2) is 0 Å². The Morgan fingerprint density at radius 2 is 0.894 bits per heavy atom. The second-order valence-corrected chi connectivity index (χ2v) is 10.1.